The Bertz CT molecular complexity index is 505. The van der Waals surface area contributed by atoms with E-state index in [4.69, 9.17) is 11.6 Å². The van der Waals surface area contributed by atoms with E-state index >= 15 is 0 Å². The van der Waals surface area contributed by atoms with Crippen LogP contribution in [0.1, 0.15) is 26.3 Å². The minimum atomic E-state index is -0.185. The second-order valence-electron chi connectivity index (χ2n) is 6.49. The van der Waals surface area contributed by atoms with E-state index in [1.807, 2.05) is 12.1 Å². The number of hydrazine groups is 1. The van der Waals surface area contributed by atoms with Gasteiger partial charge in [0.1, 0.15) is 0 Å². The van der Waals surface area contributed by atoms with Crippen molar-refractivity contribution in [1.82, 2.24) is 10.0 Å². The molecular weight excluding hydrogens is 286 g/mol. The molecule has 0 saturated carbocycles. The van der Waals surface area contributed by atoms with Gasteiger partial charge in [0.25, 0.3) is 0 Å². The highest BCUT2D eigenvalue weighted by molar-refractivity contribution is 6.30. The molecule has 1 fully saturated rings. The highest BCUT2D eigenvalue weighted by atomic mass is 35.5. The lowest BCUT2D eigenvalue weighted by molar-refractivity contribution is -0.148. The van der Waals surface area contributed by atoms with E-state index in [1.165, 1.54) is 11.3 Å². The van der Waals surface area contributed by atoms with Gasteiger partial charge in [-0.1, -0.05) is 17.7 Å². The Morgan fingerprint density at radius 3 is 2.33 bits per heavy atom. The van der Waals surface area contributed by atoms with Crippen LogP contribution in [0.2, 0.25) is 5.02 Å². The zero-order chi connectivity index (χ0) is 15.6. The first kappa shape index (κ1) is 16.1. The summed E-state index contributed by atoms with van der Waals surface area (Å²) in [5.74, 6) is 0. The van der Waals surface area contributed by atoms with Crippen LogP contribution in [-0.2, 0) is 4.79 Å². The first-order valence-corrected chi connectivity index (χ1v) is 7.71. The predicted molar refractivity (Wildman–Crippen MR) is 87.6 cm³/mol. The number of amides is 1. The molecule has 0 aliphatic carbocycles. The minimum absolute atomic E-state index is 0.185. The third kappa shape index (κ3) is 3.69. The van der Waals surface area contributed by atoms with Gasteiger partial charge in [-0.2, -0.15) is 0 Å². The van der Waals surface area contributed by atoms with Gasteiger partial charge >= 0.3 is 0 Å². The molecule has 2 rings (SSSR count). The summed E-state index contributed by atoms with van der Waals surface area (Å²) in [5, 5.41) is 4.70. The van der Waals surface area contributed by atoms with Gasteiger partial charge in [0.05, 0.1) is 5.54 Å². The lowest BCUT2D eigenvalue weighted by atomic mass is 10.1. The summed E-state index contributed by atoms with van der Waals surface area (Å²) in [7, 11) is 0. The Balaban J connectivity index is 2.06. The van der Waals surface area contributed by atoms with Gasteiger partial charge in [-0.05, 0) is 45.4 Å². The van der Waals surface area contributed by atoms with E-state index in [1.54, 1.807) is 5.01 Å². The molecule has 0 radical (unpaired) electrons. The zero-order valence-electron chi connectivity index (χ0n) is 13.3. The standard InChI is InChI=1S/C16H24ClN3O/c1-13-5-6-14(17)11-15(13)18-7-9-19(10-8-18)20(12-21)16(2,3)4/h5-6,11-12H,7-10H2,1-4H3. The molecule has 5 heteroatoms. The van der Waals surface area contributed by atoms with E-state index in [9.17, 15) is 4.79 Å². The number of halogens is 1. The molecule has 0 aromatic heterocycles. The lowest BCUT2D eigenvalue weighted by Gasteiger charge is -2.45. The highest BCUT2D eigenvalue weighted by Gasteiger charge is 2.29. The topological polar surface area (TPSA) is 26.8 Å². The van der Waals surface area contributed by atoms with Crippen LogP contribution in [-0.4, -0.2) is 48.1 Å². The number of benzene rings is 1. The molecule has 1 aromatic rings. The van der Waals surface area contributed by atoms with Crippen LogP contribution < -0.4 is 4.90 Å². The molecule has 4 nitrogen and oxygen atoms in total. The van der Waals surface area contributed by atoms with E-state index < -0.39 is 0 Å². The van der Waals surface area contributed by atoms with Crippen molar-refractivity contribution in [2.24, 2.45) is 0 Å². The first-order valence-electron chi connectivity index (χ1n) is 7.33. The van der Waals surface area contributed by atoms with Gasteiger partial charge in [0.15, 0.2) is 0 Å². The van der Waals surface area contributed by atoms with Crippen LogP contribution in [0.3, 0.4) is 0 Å². The predicted octanol–water partition coefficient (Wildman–Crippen LogP) is 2.94. The summed E-state index contributed by atoms with van der Waals surface area (Å²) in [6.45, 7) is 11.7. The molecule has 0 bridgehead atoms. The summed E-state index contributed by atoms with van der Waals surface area (Å²) < 4.78 is 0. The molecule has 1 amide bonds. The Hall–Kier alpha value is -1.26. The van der Waals surface area contributed by atoms with E-state index in [0.717, 1.165) is 37.6 Å². The minimum Gasteiger partial charge on any atom is -0.369 e. The van der Waals surface area contributed by atoms with Crippen LogP contribution in [0.5, 0.6) is 0 Å². The monoisotopic (exact) mass is 309 g/mol. The number of hydrogen-bond acceptors (Lipinski definition) is 3. The molecule has 1 aromatic carbocycles. The van der Waals surface area contributed by atoms with Crippen molar-refractivity contribution in [2.45, 2.75) is 33.2 Å². The van der Waals surface area contributed by atoms with Gasteiger partial charge in [0, 0.05) is 36.9 Å². The molecule has 0 spiro atoms. The van der Waals surface area contributed by atoms with Gasteiger partial charge in [-0.25, -0.2) is 5.01 Å². The number of aryl methyl sites for hydroxylation is 1. The Kier molecular flexibility index (Phi) is 4.79. The van der Waals surface area contributed by atoms with Crippen LogP contribution in [0, 0.1) is 6.92 Å². The highest BCUT2D eigenvalue weighted by Crippen LogP contribution is 2.26. The van der Waals surface area contributed by atoms with Crippen molar-refractivity contribution < 1.29 is 4.79 Å². The second-order valence-corrected chi connectivity index (χ2v) is 6.93. The molecule has 0 atom stereocenters. The Labute approximate surface area is 132 Å². The smallest absolute Gasteiger partial charge is 0.224 e. The number of hydrogen-bond donors (Lipinski definition) is 0. The SMILES string of the molecule is Cc1ccc(Cl)cc1N1CCN(N(C=O)C(C)(C)C)CC1. The maximum atomic E-state index is 11.4. The van der Waals surface area contributed by atoms with Crippen molar-refractivity contribution in [3.63, 3.8) is 0 Å². The number of rotatable bonds is 3. The van der Waals surface area contributed by atoms with Gasteiger partial charge in [-0.15, -0.1) is 0 Å². The molecular formula is C16H24ClN3O. The third-order valence-corrected chi connectivity index (χ3v) is 4.09. The molecule has 0 unspecified atom stereocenters. The summed E-state index contributed by atoms with van der Waals surface area (Å²) >= 11 is 6.11. The Morgan fingerprint density at radius 1 is 1.19 bits per heavy atom. The quantitative estimate of drug-likeness (QED) is 0.803. The fourth-order valence-electron chi connectivity index (χ4n) is 2.72. The van der Waals surface area contributed by atoms with Crippen molar-refractivity contribution in [2.75, 3.05) is 31.1 Å². The summed E-state index contributed by atoms with van der Waals surface area (Å²) in [4.78, 5) is 13.7. The number of carbonyl (C=O) groups excluding carboxylic acids is 1. The van der Waals surface area contributed by atoms with Crippen LogP contribution >= 0.6 is 11.6 Å². The van der Waals surface area contributed by atoms with E-state index in [-0.39, 0.29) is 5.54 Å². The van der Waals surface area contributed by atoms with Gasteiger partial charge < -0.3 is 4.90 Å². The molecule has 0 N–H and O–H groups in total. The molecule has 1 aliphatic rings. The number of carbonyl (C=O) groups is 1. The fraction of sp³-hybridized carbons (Fsp3) is 0.562. The molecule has 1 saturated heterocycles. The number of piperazine rings is 1. The van der Waals surface area contributed by atoms with Crippen molar-refractivity contribution in [1.29, 1.82) is 0 Å². The lowest BCUT2D eigenvalue weighted by Crippen LogP contribution is -2.58. The summed E-state index contributed by atoms with van der Waals surface area (Å²) in [6.07, 6.45) is 0.931. The van der Waals surface area contributed by atoms with Crippen molar-refractivity contribution in [3.8, 4) is 0 Å². The molecule has 1 heterocycles. The number of nitrogens with zero attached hydrogens (tertiary/aromatic N) is 3. The largest absolute Gasteiger partial charge is 0.369 e. The third-order valence-electron chi connectivity index (χ3n) is 3.86. The van der Waals surface area contributed by atoms with Crippen LogP contribution in [0.4, 0.5) is 5.69 Å². The fourth-order valence-corrected chi connectivity index (χ4v) is 2.89. The summed E-state index contributed by atoms with van der Waals surface area (Å²) in [5.41, 5.74) is 2.24. The maximum Gasteiger partial charge on any atom is 0.224 e. The van der Waals surface area contributed by atoms with Crippen LogP contribution in [0.15, 0.2) is 18.2 Å². The van der Waals surface area contributed by atoms with Crippen LogP contribution in [0.25, 0.3) is 0 Å². The average Bonchev–Trinajstić information content (AvgIpc) is 2.42. The Morgan fingerprint density at radius 2 is 1.81 bits per heavy atom. The zero-order valence-corrected chi connectivity index (χ0v) is 14.0. The average molecular weight is 310 g/mol. The number of anilines is 1. The normalized spacial score (nSPS) is 16.9. The summed E-state index contributed by atoms with van der Waals surface area (Å²) in [6, 6.07) is 6.00. The molecule has 116 valence electrons. The van der Waals surface area contributed by atoms with Crippen molar-refractivity contribution in [3.05, 3.63) is 28.8 Å². The van der Waals surface area contributed by atoms with Crippen molar-refractivity contribution >= 4 is 23.7 Å². The van der Waals surface area contributed by atoms with E-state index in [0.29, 0.717) is 0 Å². The first-order chi connectivity index (χ1) is 9.82. The molecule has 21 heavy (non-hydrogen) atoms. The molecule has 1 aliphatic heterocycles. The second kappa shape index (κ2) is 6.24. The maximum absolute atomic E-state index is 11.4. The van der Waals surface area contributed by atoms with Gasteiger partial charge in [0.2, 0.25) is 6.41 Å². The van der Waals surface area contributed by atoms with E-state index in [2.05, 4.69) is 43.7 Å². The van der Waals surface area contributed by atoms with Gasteiger partial charge in [-0.3, -0.25) is 9.80 Å².